The van der Waals surface area contributed by atoms with Crippen molar-refractivity contribution in [2.45, 2.75) is 11.8 Å². The first-order valence-corrected chi connectivity index (χ1v) is 12.0. The fourth-order valence-electron chi connectivity index (χ4n) is 6.12. The zero-order valence-corrected chi connectivity index (χ0v) is 19.5. The second-order valence-corrected chi connectivity index (χ2v) is 9.75. The summed E-state index contributed by atoms with van der Waals surface area (Å²) in [5, 5.41) is 12.3. The van der Waals surface area contributed by atoms with Gasteiger partial charge in [0.1, 0.15) is 17.2 Å². The molecular formula is C25H22ClFN8. The summed E-state index contributed by atoms with van der Waals surface area (Å²) in [4.78, 5) is 11.7. The van der Waals surface area contributed by atoms with E-state index in [9.17, 15) is 4.39 Å². The molecule has 0 bridgehead atoms. The van der Waals surface area contributed by atoms with E-state index in [0.717, 1.165) is 47.7 Å². The van der Waals surface area contributed by atoms with Crippen molar-refractivity contribution in [3.8, 4) is 11.3 Å². The Balaban J connectivity index is 1.20. The van der Waals surface area contributed by atoms with E-state index in [1.54, 1.807) is 23.0 Å². The summed E-state index contributed by atoms with van der Waals surface area (Å²) < 4.78 is 16.4. The molecule has 5 aromatic rings. The molecule has 2 aliphatic rings. The number of anilines is 1. The lowest BCUT2D eigenvalue weighted by Crippen LogP contribution is -2.32. The number of pyridine rings is 1. The number of hydrogen-bond acceptors (Lipinski definition) is 6. The maximum absolute atomic E-state index is 14.7. The molecule has 4 aromatic heterocycles. The van der Waals surface area contributed by atoms with Gasteiger partial charge in [-0.2, -0.15) is 10.2 Å². The van der Waals surface area contributed by atoms with Crippen molar-refractivity contribution >= 4 is 34.1 Å². The number of hydrogen-bond donors (Lipinski definition) is 2. The average molecular weight is 489 g/mol. The highest BCUT2D eigenvalue weighted by molar-refractivity contribution is 6.36. The first kappa shape index (κ1) is 20.8. The molecule has 2 fully saturated rings. The van der Waals surface area contributed by atoms with Gasteiger partial charge < -0.3 is 10.6 Å². The van der Waals surface area contributed by atoms with Gasteiger partial charge in [0.05, 0.1) is 28.6 Å². The SMILES string of the molecule is NC[C@]1(c2ccccc2F)[C@@H]2CCN(c3cnc4c(-c5ccn6nccc6c5Cl)[nH]nc4n3)C[C@@H]21. The van der Waals surface area contributed by atoms with Crippen LogP contribution >= 0.6 is 11.6 Å². The van der Waals surface area contributed by atoms with Crippen LogP contribution in [-0.4, -0.2) is 49.4 Å². The van der Waals surface area contributed by atoms with E-state index in [1.807, 2.05) is 30.5 Å². The van der Waals surface area contributed by atoms with Crippen LogP contribution in [0.1, 0.15) is 12.0 Å². The minimum Gasteiger partial charge on any atom is -0.355 e. The van der Waals surface area contributed by atoms with Gasteiger partial charge in [-0.1, -0.05) is 29.8 Å². The van der Waals surface area contributed by atoms with Crippen molar-refractivity contribution in [2.75, 3.05) is 24.5 Å². The molecular weight excluding hydrogens is 467 g/mol. The van der Waals surface area contributed by atoms with Gasteiger partial charge in [-0.05, 0) is 42.0 Å². The molecule has 1 aliphatic carbocycles. The van der Waals surface area contributed by atoms with Gasteiger partial charge in [0, 0.05) is 36.8 Å². The molecule has 176 valence electrons. The molecule has 1 saturated carbocycles. The van der Waals surface area contributed by atoms with Crippen LogP contribution in [0, 0.1) is 17.7 Å². The Morgan fingerprint density at radius 3 is 2.94 bits per heavy atom. The molecule has 10 heteroatoms. The van der Waals surface area contributed by atoms with E-state index in [1.165, 1.54) is 6.07 Å². The molecule has 1 aromatic carbocycles. The van der Waals surface area contributed by atoms with Crippen LogP contribution in [0.4, 0.5) is 10.2 Å². The second kappa shape index (κ2) is 7.47. The fraction of sp³-hybridized carbons (Fsp3) is 0.280. The number of aromatic nitrogens is 6. The number of halogens is 2. The Labute approximate surface area is 204 Å². The summed E-state index contributed by atoms with van der Waals surface area (Å²) in [6, 6.07) is 10.8. The largest absolute Gasteiger partial charge is 0.355 e. The third kappa shape index (κ3) is 2.88. The van der Waals surface area contributed by atoms with E-state index in [0.29, 0.717) is 28.6 Å². The minimum absolute atomic E-state index is 0.169. The number of aromatic amines is 1. The summed E-state index contributed by atoms with van der Waals surface area (Å²) in [6.07, 6.45) is 6.27. The Kier molecular flexibility index (Phi) is 4.43. The smallest absolute Gasteiger partial charge is 0.202 e. The monoisotopic (exact) mass is 488 g/mol. The normalized spacial score (nSPS) is 23.7. The Hall–Kier alpha value is -3.56. The van der Waals surface area contributed by atoms with Gasteiger partial charge >= 0.3 is 0 Å². The number of H-pyrrole nitrogens is 1. The predicted molar refractivity (Wildman–Crippen MR) is 132 cm³/mol. The van der Waals surface area contributed by atoms with Crippen molar-refractivity contribution in [1.82, 2.24) is 29.8 Å². The number of rotatable bonds is 4. The highest BCUT2D eigenvalue weighted by Gasteiger charge is 2.66. The van der Waals surface area contributed by atoms with Gasteiger partial charge in [-0.15, -0.1) is 0 Å². The van der Waals surface area contributed by atoms with Crippen molar-refractivity contribution in [3.05, 3.63) is 71.4 Å². The molecule has 3 atom stereocenters. The summed E-state index contributed by atoms with van der Waals surface area (Å²) >= 11 is 6.65. The van der Waals surface area contributed by atoms with Gasteiger partial charge in [-0.3, -0.25) is 5.10 Å². The maximum Gasteiger partial charge on any atom is 0.202 e. The lowest BCUT2D eigenvalue weighted by atomic mass is 9.91. The molecule has 0 unspecified atom stereocenters. The summed E-state index contributed by atoms with van der Waals surface area (Å²) in [5.74, 6) is 1.26. The van der Waals surface area contributed by atoms with E-state index >= 15 is 0 Å². The molecule has 0 radical (unpaired) electrons. The van der Waals surface area contributed by atoms with Crippen molar-refractivity contribution < 1.29 is 4.39 Å². The fourth-order valence-corrected chi connectivity index (χ4v) is 6.43. The minimum atomic E-state index is -0.305. The van der Waals surface area contributed by atoms with Crippen LogP contribution in [0.2, 0.25) is 5.02 Å². The first-order chi connectivity index (χ1) is 17.1. The third-order valence-corrected chi connectivity index (χ3v) is 8.30. The van der Waals surface area contributed by atoms with Crippen molar-refractivity contribution in [3.63, 3.8) is 0 Å². The van der Waals surface area contributed by atoms with Gasteiger partial charge in [-0.25, -0.2) is 18.9 Å². The highest BCUT2D eigenvalue weighted by atomic mass is 35.5. The standard InChI is InChI=1S/C25H22ClFN8/c26-21-14(6-10-35-19(21)5-8-30-35)22-23-24(33-32-22)31-20(11-29-23)34-9-7-15-17(12-34)25(15,13-28)16-3-1-2-4-18(16)27/h1-6,8,10-11,15,17H,7,9,12-13,28H2,(H,31,32,33)/t15-,17+,25-/m1/s1. The predicted octanol–water partition coefficient (Wildman–Crippen LogP) is 3.81. The van der Waals surface area contributed by atoms with E-state index in [-0.39, 0.29) is 17.2 Å². The van der Waals surface area contributed by atoms with Crippen LogP contribution in [-0.2, 0) is 5.41 Å². The van der Waals surface area contributed by atoms with Crippen LogP contribution in [0.5, 0.6) is 0 Å². The summed E-state index contributed by atoms with van der Waals surface area (Å²) in [5.41, 5.74) is 10.2. The molecule has 1 aliphatic heterocycles. The summed E-state index contributed by atoms with van der Waals surface area (Å²) in [7, 11) is 0. The topological polar surface area (TPSA) is 101 Å². The van der Waals surface area contributed by atoms with Crippen LogP contribution < -0.4 is 10.6 Å². The van der Waals surface area contributed by atoms with Gasteiger partial charge in [0.25, 0.3) is 0 Å². The summed E-state index contributed by atoms with van der Waals surface area (Å²) in [6.45, 7) is 2.02. The van der Waals surface area contributed by atoms with Gasteiger partial charge in [0.2, 0.25) is 5.65 Å². The zero-order chi connectivity index (χ0) is 23.7. The quantitative estimate of drug-likeness (QED) is 0.399. The van der Waals surface area contributed by atoms with Crippen LogP contribution in [0.3, 0.4) is 0 Å². The third-order valence-electron chi connectivity index (χ3n) is 7.90. The zero-order valence-electron chi connectivity index (χ0n) is 18.7. The Morgan fingerprint density at radius 2 is 2.09 bits per heavy atom. The molecule has 3 N–H and O–H groups in total. The number of benzene rings is 1. The van der Waals surface area contributed by atoms with Crippen LogP contribution in [0.25, 0.3) is 27.9 Å². The molecule has 35 heavy (non-hydrogen) atoms. The Morgan fingerprint density at radius 1 is 1.20 bits per heavy atom. The van der Waals surface area contributed by atoms with Crippen molar-refractivity contribution in [2.24, 2.45) is 17.6 Å². The average Bonchev–Trinajstić information content (AvgIpc) is 3.18. The number of piperidine rings is 1. The van der Waals surface area contributed by atoms with Crippen molar-refractivity contribution in [1.29, 1.82) is 0 Å². The van der Waals surface area contributed by atoms with E-state index < -0.39 is 0 Å². The van der Waals surface area contributed by atoms with E-state index in [4.69, 9.17) is 27.3 Å². The molecule has 7 rings (SSSR count). The number of nitrogens with two attached hydrogens (primary N) is 1. The van der Waals surface area contributed by atoms with E-state index in [2.05, 4.69) is 20.2 Å². The van der Waals surface area contributed by atoms with Gasteiger partial charge in [0.15, 0.2) is 0 Å². The second-order valence-electron chi connectivity index (χ2n) is 9.38. The Bertz CT molecular complexity index is 1600. The molecule has 5 heterocycles. The number of nitrogens with zero attached hydrogens (tertiary/aromatic N) is 6. The number of nitrogens with one attached hydrogen (secondary N) is 1. The molecule has 8 nitrogen and oxygen atoms in total. The molecule has 0 spiro atoms. The highest BCUT2D eigenvalue weighted by Crippen LogP contribution is 2.63. The number of fused-ring (bicyclic) bond motifs is 3. The van der Waals surface area contributed by atoms with Crippen LogP contribution in [0.15, 0.2) is 55.0 Å². The lowest BCUT2D eigenvalue weighted by Gasteiger charge is -2.26. The molecule has 0 amide bonds. The maximum atomic E-state index is 14.7. The first-order valence-electron chi connectivity index (χ1n) is 11.6. The molecule has 1 saturated heterocycles. The lowest BCUT2D eigenvalue weighted by molar-refractivity contribution is 0.533.